The third-order valence-electron chi connectivity index (χ3n) is 2.52. The number of hydrogen-bond acceptors (Lipinski definition) is 3. The van der Waals surface area contributed by atoms with Gasteiger partial charge in [-0.15, -0.1) is 0 Å². The van der Waals surface area contributed by atoms with E-state index < -0.39 is 4.92 Å². The first-order valence-corrected chi connectivity index (χ1v) is 6.65. The Morgan fingerprint density at radius 2 is 1.85 bits per heavy atom. The molecular weight excluding hydrogens is 348 g/mol. The number of nitro groups is 1. The zero-order valence-corrected chi connectivity index (χ0v) is 12.3. The molecule has 2 aromatic carbocycles. The summed E-state index contributed by atoms with van der Waals surface area (Å²) >= 11 is 9.15. The minimum atomic E-state index is -0.519. The largest absolute Gasteiger partial charge is 0.321 e. The fourth-order valence-electron chi connectivity index (χ4n) is 1.52. The number of nitro benzene ring substituents is 1. The lowest BCUT2D eigenvalue weighted by Crippen LogP contribution is -2.12. The number of non-ortho nitro benzene ring substituents is 1. The summed E-state index contributed by atoms with van der Waals surface area (Å²) < 4.78 is 0.692. The normalized spacial score (nSPS) is 10.1. The van der Waals surface area contributed by atoms with Crippen molar-refractivity contribution < 1.29 is 9.72 Å². The maximum atomic E-state index is 12.0. The number of carbonyl (C=O) groups is 1. The van der Waals surface area contributed by atoms with Crippen LogP contribution in [-0.4, -0.2) is 10.8 Å². The molecule has 1 amide bonds. The Labute approximate surface area is 127 Å². The summed E-state index contributed by atoms with van der Waals surface area (Å²) in [5.74, 6) is -0.372. The molecule has 0 radical (unpaired) electrons. The number of rotatable bonds is 3. The van der Waals surface area contributed by atoms with Crippen molar-refractivity contribution in [2.24, 2.45) is 0 Å². The molecule has 102 valence electrons. The Morgan fingerprint density at radius 1 is 1.20 bits per heavy atom. The highest BCUT2D eigenvalue weighted by Crippen LogP contribution is 2.26. The Balaban J connectivity index is 2.19. The fraction of sp³-hybridized carbons (Fsp3) is 0. The summed E-state index contributed by atoms with van der Waals surface area (Å²) in [6, 6.07) is 10.4. The van der Waals surface area contributed by atoms with Crippen LogP contribution >= 0.6 is 27.5 Å². The summed E-state index contributed by atoms with van der Waals surface area (Å²) in [6.45, 7) is 0. The van der Waals surface area contributed by atoms with Crippen LogP contribution in [0.2, 0.25) is 5.02 Å². The smallest absolute Gasteiger partial charge is 0.269 e. The fourth-order valence-corrected chi connectivity index (χ4v) is 2.04. The third kappa shape index (κ3) is 3.34. The molecule has 1 N–H and O–H groups in total. The maximum Gasteiger partial charge on any atom is 0.269 e. The number of carbonyl (C=O) groups excluding carboxylic acids is 1. The summed E-state index contributed by atoms with van der Waals surface area (Å²) in [5, 5.41) is 13.7. The van der Waals surface area contributed by atoms with Crippen LogP contribution in [0, 0.1) is 10.1 Å². The van der Waals surface area contributed by atoms with Gasteiger partial charge >= 0.3 is 0 Å². The van der Waals surface area contributed by atoms with E-state index in [4.69, 9.17) is 11.6 Å². The number of amides is 1. The molecule has 7 heteroatoms. The van der Waals surface area contributed by atoms with Crippen LogP contribution in [0.5, 0.6) is 0 Å². The zero-order valence-electron chi connectivity index (χ0n) is 9.97. The second kappa shape index (κ2) is 6.02. The molecule has 0 spiro atoms. The molecule has 0 heterocycles. The molecular formula is C13H8BrClN2O3. The predicted octanol–water partition coefficient (Wildman–Crippen LogP) is 4.26. The number of anilines is 1. The molecule has 0 bridgehead atoms. The van der Waals surface area contributed by atoms with Crippen molar-refractivity contribution in [3.8, 4) is 0 Å². The van der Waals surface area contributed by atoms with Gasteiger partial charge in [-0.3, -0.25) is 14.9 Å². The van der Waals surface area contributed by atoms with Gasteiger partial charge in [0.25, 0.3) is 11.6 Å². The highest BCUT2D eigenvalue weighted by atomic mass is 79.9. The van der Waals surface area contributed by atoms with Crippen LogP contribution in [0.1, 0.15) is 10.4 Å². The Kier molecular flexibility index (Phi) is 4.36. The van der Waals surface area contributed by atoms with Crippen molar-refractivity contribution in [1.29, 1.82) is 0 Å². The average molecular weight is 356 g/mol. The van der Waals surface area contributed by atoms with E-state index in [1.54, 1.807) is 18.2 Å². The van der Waals surface area contributed by atoms with Gasteiger partial charge in [-0.25, -0.2) is 0 Å². The van der Waals surface area contributed by atoms with E-state index in [2.05, 4.69) is 21.2 Å². The van der Waals surface area contributed by atoms with Gasteiger partial charge in [0, 0.05) is 27.2 Å². The van der Waals surface area contributed by atoms with E-state index >= 15 is 0 Å². The second-order valence-corrected chi connectivity index (χ2v) is 5.17. The van der Waals surface area contributed by atoms with Gasteiger partial charge in [-0.1, -0.05) is 11.6 Å². The Morgan fingerprint density at radius 3 is 2.45 bits per heavy atom. The summed E-state index contributed by atoms with van der Waals surface area (Å²) in [4.78, 5) is 22.0. The molecule has 0 aliphatic carbocycles. The first-order chi connectivity index (χ1) is 9.47. The van der Waals surface area contributed by atoms with Crippen molar-refractivity contribution in [3.05, 3.63) is 67.6 Å². The first kappa shape index (κ1) is 14.5. The molecule has 0 atom stereocenters. The topological polar surface area (TPSA) is 72.2 Å². The molecule has 0 aliphatic heterocycles. The SMILES string of the molecule is O=C(Nc1cc(Cl)ccc1Br)c1ccc([N+](=O)[O-])cc1. The molecule has 0 saturated carbocycles. The lowest BCUT2D eigenvalue weighted by atomic mass is 10.2. The van der Waals surface area contributed by atoms with Gasteiger partial charge in [0.05, 0.1) is 10.6 Å². The van der Waals surface area contributed by atoms with E-state index in [0.717, 1.165) is 0 Å². The van der Waals surface area contributed by atoms with Gasteiger partial charge in [-0.2, -0.15) is 0 Å². The van der Waals surface area contributed by atoms with Crippen molar-refractivity contribution >= 4 is 44.8 Å². The van der Waals surface area contributed by atoms with E-state index in [1.165, 1.54) is 24.3 Å². The van der Waals surface area contributed by atoms with Crippen LogP contribution in [0.15, 0.2) is 46.9 Å². The summed E-state index contributed by atoms with van der Waals surface area (Å²) in [7, 11) is 0. The number of nitrogens with one attached hydrogen (secondary N) is 1. The summed E-state index contributed by atoms with van der Waals surface area (Å²) in [5.41, 5.74) is 0.786. The van der Waals surface area contributed by atoms with Crippen molar-refractivity contribution in [2.75, 3.05) is 5.32 Å². The Bertz CT molecular complexity index is 674. The van der Waals surface area contributed by atoms with E-state index in [-0.39, 0.29) is 11.6 Å². The zero-order chi connectivity index (χ0) is 14.7. The molecule has 2 aromatic rings. The molecule has 2 rings (SSSR count). The van der Waals surface area contributed by atoms with Crippen molar-refractivity contribution in [2.45, 2.75) is 0 Å². The van der Waals surface area contributed by atoms with Crippen LogP contribution in [0.3, 0.4) is 0 Å². The molecule has 0 aliphatic rings. The maximum absolute atomic E-state index is 12.0. The van der Waals surface area contributed by atoms with Gasteiger partial charge in [0.1, 0.15) is 0 Å². The lowest BCUT2D eigenvalue weighted by molar-refractivity contribution is -0.384. The quantitative estimate of drug-likeness (QED) is 0.660. The third-order valence-corrected chi connectivity index (χ3v) is 3.44. The average Bonchev–Trinajstić information content (AvgIpc) is 2.43. The van der Waals surface area contributed by atoms with Crippen LogP contribution in [0.4, 0.5) is 11.4 Å². The van der Waals surface area contributed by atoms with Gasteiger partial charge in [0.15, 0.2) is 0 Å². The van der Waals surface area contributed by atoms with Crippen molar-refractivity contribution in [3.63, 3.8) is 0 Å². The van der Waals surface area contributed by atoms with E-state index in [0.29, 0.717) is 20.7 Å². The van der Waals surface area contributed by atoms with Gasteiger partial charge in [-0.05, 0) is 46.3 Å². The van der Waals surface area contributed by atoms with E-state index in [9.17, 15) is 14.9 Å². The molecule has 0 saturated heterocycles. The van der Waals surface area contributed by atoms with Gasteiger partial charge < -0.3 is 5.32 Å². The summed E-state index contributed by atoms with van der Waals surface area (Å²) in [6.07, 6.45) is 0. The van der Waals surface area contributed by atoms with Gasteiger partial charge in [0.2, 0.25) is 0 Å². The number of halogens is 2. The number of nitrogens with zero attached hydrogens (tertiary/aromatic N) is 1. The minimum absolute atomic E-state index is 0.0644. The standard InChI is InChI=1S/C13H8BrClN2O3/c14-11-6-3-9(15)7-12(11)16-13(18)8-1-4-10(5-2-8)17(19)20/h1-7H,(H,16,18). The highest BCUT2D eigenvalue weighted by molar-refractivity contribution is 9.10. The highest BCUT2D eigenvalue weighted by Gasteiger charge is 2.11. The van der Waals surface area contributed by atoms with Crippen LogP contribution in [0.25, 0.3) is 0 Å². The lowest BCUT2D eigenvalue weighted by Gasteiger charge is -2.07. The molecule has 0 aromatic heterocycles. The second-order valence-electron chi connectivity index (χ2n) is 3.88. The van der Waals surface area contributed by atoms with Crippen LogP contribution in [-0.2, 0) is 0 Å². The molecule has 5 nitrogen and oxygen atoms in total. The molecule has 0 unspecified atom stereocenters. The number of hydrogen-bond donors (Lipinski definition) is 1. The Hall–Kier alpha value is -1.92. The number of benzene rings is 2. The predicted molar refractivity (Wildman–Crippen MR) is 80.2 cm³/mol. The van der Waals surface area contributed by atoms with E-state index in [1.807, 2.05) is 0 Å². The van der Waals surface area contributed by atoms with Crippen LogP contribution < -0.4 is 5.32 Å². The first-order valence-electron chi connectivity index (χ1n) is 5.48. The minimum Gasteiger partial charge on any atom is -0.321 e. The molecule has 0 fully saturated rings. The molecule has 20 heavy (non-hydrogen) atoms. The van der Waals surface area contributed by atoms with Crippen molar-refractivity contribution in [1.82, 2.24) is 0 Å². The monoisotopic (exact) mass is 354 g/mol.